The Morgan fingerprint density at radius 2 is 2.16 bits per heavy atom. The number of nitrogens with zero attached hydrogens (tertiary/aromatic N) is 4. The molecular weight excluding hydrogens is 269 g/mol. The molecule has 0 fully saturated rings. The number of hydrogen-bond acceptors (Lipinski definition) is 4. The van der Waals surface area contributed by atoms with Gasteiger partial charge in [-0.25, -0.2) is 9.07 Å². The third-order valence-electron chi connectivity index (χ3n) is 2.59. The van der Waals surface area contributed by atoms with Crippen molar-refractivity contribution in [2.24, 2.45) is 0 Å². The van der Waals surface area contributed by atoms with E-state index in [0.717, 1.165) is 4.68 Å². The summed E-state index contributed by atoms with van der Waals surface area (Å²) in [5, 5.41) is 13.4. The van der Waals surface area contributed by atoms with Crippen LogP contribution in [-0.4, -0.2) is 23.9 Å². The zero-order chi connectivity index (χ0) is 14.2. The average Bonchev–Trinajstić information content (AvgIpc) is 2.67. The van der Waals surface area contributed by atoms with Crippen LogP contribution in [0.25, 0.3) is 5.69 Å². The highest BCUT2D eigenvalue weighted by atomic mass is 35.5. The lowest BCUT2D eigenvalue weighted by Crippen LogP contribution is -2.11. The fraction of sp³-hybridized carbons (Fsp3) is 0.167. The van der Waals surface area contributed by atoms with E-state index in [9.17, 15) is 4.39 Å². The van der Waals surface area contributed by atoms with Crippen LogP contribution >= 0.6 is 11.6 Å². The molecule has 1 heterocycles. The first-order valence-electron chi connectivity index (χ1n) is 5.37. The molecule has 0 atom stereocenters. The summed E-state index contributed by atoms with van der Waals surface area (Å²) in [5.74, 6) is -0.144. The molecule has 0 bridgehead atoms. The summed E-state index contributed by atoms with van der Waals surface area (Å²) < 4.78 is 15.0. The molecule has 2 aromatic rings. The van der Waals surface area contributed by atoms with E-state index < -0.39 is 5.82 Å². The molecule has 2 N–H and O–H groups in total. The van der Waals surface area contributed by atoms with Crippen molar-refractivity contribution in [3.63, 3.8) is 0 Å². The number of anilines is 2. The number of nitriles is 1. The first-order valence-corrected chi connectivity index (χ1v) is 5.75. The molecule has 2 rings (SSSR count). The molecule has 0 amide bonds. The predicted molar refractivity (Wildman–Crippen MR) is 72.0 cm³/mol. The van der Waals surface area contributed by atoms with Gasteiger partial charge in [0, 0.05) is 14.1 Å². The monoisotopic (exact) mass is 279 g/mol. The first kappa shape index (κ1) is 13.2. The second-order valence-electron chi connectivity index (χ2n) is 4.07. The van der Waals surface area contributed by atoms with Crippen molar-refractivity contribution in [1.82, 2.24) is 9.78 Å². The van der Waals surface area contributed by atoms with Gasteiger partial charge < -0.3 is 10.6 Å². The maximum Gasteiger partial charge on any atom is 0.170 e. The van der Waals surface area contributed by atoms with E-state index in [0.29, 0.717) is 5.82 Å². The van der Waals surface area contributed by atoms with E-state index in [1.807, 2.05) is 6.07 Å². The molecule has 0 aliphatic heterocycles. The van der Waals surface area contributed by atoms with Gasteiger partial charge in [0.2, 0.25) is 0 Å². The van der Waals surface area contributed by atoms with Crippen molar-refractivity contribution in [3.8, 4) is 11.8 Å². The number of nitrogens with two attached hydrogens (primary N) is 1. The minimum atomic E-state index is -0.559. The molecule has 5 nitrogen and oxygen atoms in total. The maximum absolute atomic E-state index is 13.9. The molecule has 98 valence electrons. The van der Waals surface area contributed by atoms with Gasteiger partial charge in [-0.15, -0.1) is 5.10 Å². The Bertz CT molecular complexity index is 651. The first-order chi connectivity index (χ1) is 8.97. The molecule has 0 aliphatic rings. The van der Waals surface area contributed by atoms with Crippen LogP contribution in [-0.2, 0) is 0 Å². The van der Waals surface area contributed by atoms with Gasteiger partial charge in [-0.3, -0.25) is 0 Å². The summed E-state index contributed by atoms with van der Waals surface area (Å²) in [6.07, 6.45) is 0. The highest BCUT2D eigenvalue weighted by Crippen LogP contribution is 2.30. The molecule has 0 spiro atoms. The van der Waals surface area contributed by atoms with E-state index in [-0.39, 0.29) is 22.1 Å². The number of hydrogen-bond donors (Lipinski definition) is 1. The summed E-state index contributed by atoms with van der Waals surface area (Å²) in [5.41, 5.74) is 6.07. The number of para-hydroxylation sites is 1. The van der Waals surface area contributed by atoms with Crippen LogP contribution in [0.5, 0.6) is 0 Å². The smallest absolute Gasteiger partial charge is 0.170 e. The molecular formula is C12H11ClFN5. The van der Waals surface area contributed by atoms with Gasteiger partial charge >= 0.3 is 0 Å². The number of halogens is 2. The number of benzene rings is 1. The highest BCUT2D eigenvalue weighted by Gasteiger charge is 2.21. The van der Waals surface area contributed by atoms with Crippen LogP contribution in [0.3, 0.4) is 0 Å². The summed E-state index contributed by atoms with van der Waals surface area (Å²) in [4.78, 5) is 1.63. The summed E-state index contributed by atoms with van der Waals surface area (Å²) in [7, 11) is 3.44. The zero-order valence-electron chi connectivity index (χ0n) is 10.4. The van der Waals surface area contributed by atoms with Gasteiger partial charge in [-0.05, 0) is 12.1 Å². The molecule has 7 heteroatoms. The fourth-order valence-corrected chi connectivity index (χ4v) is 1.94. The van der Waals surface area contributed by atoms with Crippen molar-refractivity contribution < 1.29 is 4.39 Å². The number of nitrogen functional groups attached to an aromatic ring is 1. The van der Waals surface area contributed by atoms with E-state index in [2.05, 4.69) is 5.10 Å². The van der Waals surface area contributed by atoms with Crippen LogP contribution in [0, 0.1) is 17.1 Å². The largest absolute Gasteiger partial charge is 0.382 e. The van der Waals surface area contributed by atoms with Crippen molar-refractivity contribution in [3.05, 3.63) is 34.6 Å². The Balaban J connectivity index is 2.75. The lowest BCUT2D eigenvalue weighted by Gasteiger charge is -2.08. The molecule has 0 radical (unpaired) electrons. The zero-order valence-corrected chi connectivity index (χ0v) is 11.1. The lowest BCUT2D eigenvalue weighted by molar-refractivity contribution is 0.612. The van der Waals surface area contributed by atoms with Gasteiger partial charge in [-0.2, -0.15) is 5.26 Å². The van der Waals surface area contributed by atoms with Crippen molar-refractivity contribution >= 4 is 23.2 Å². The Kier molecular flexibility index (Phi) is 3.32. The molecule has 1 aromatic heterocycles. The number of rotatable bonds is 2. The second-order valence-corrected chi connectivity index (χ2v) is 4.48. The van der Waals surface area contributed by atoms with E-state index in [1.165, 1.54) is 18.2 Å². The predicted octanol–water partition coefficient (Wildman–Crippen LogP) is 2.18. The molecule has 0 aliphatic carbocycles. The summed E-state index contributed by atoms with van der Waals surface area (Å²) >= 11 is 5.97. The third kappa shape index (κ3) is 2.09. The molecule has 0 saturated heterocycles. The van der Waals surface area contributed by atoms with Gasteiger partial charge in [0.05, 0.1) is 5.02 Å². The molecule has 0 saturated carbocycles. The summed E-state index contributed by atoms with van der Waals surface area (Å²) in [6, 6.07) is 6.23. The van der Waals surface area contributed by atoms with E-state index in [1.54, 1.807) is 19.0 Å². The quantitative estimate of drug-likeness (QED) is 0.915. The minimum absolute atomic E-state index is 0.0336. The van der Waals surface area contributed by atoms with Gasteiger partial charge in [0.15, 0.2) is 5.82 Å². The van der Waals surface area contributed by atoms with Crippen LogP contribution in [0.4, 0.5) is 16.0 Å². The highest BCUT2D eigenvalue weighted by molar-refractivity contribution is 6.32. The van der Waals surface area contributed by atoms with E-state index >= 15 is 0 Å². The van der Waals surface area contributed by atoms with Gasteiger partial charge in [0.25, 0.3) is 0 Å². The minimum Gasteiger partial charge on any atom is -0.382 e. The normalized spacial score (nSPS) is 10.3. The third-order valence-corrected chi connectivity index (χ3v) is 2.89. The van der Waals surface area contributed by atoms with Crippen molar-refractivity contribution in [1.29, 1.82) is 5.26 Å². The Morgan fingerprint density at radius 1 is 1.47 bits per heavy atom. The van der Waals surface area contributed by atoms with Crippen molar-refractivity contribution in [2.75, 3.05) is 24.7 Å². The Morgan fingerprint density at radius 3 is 2.63 bits per heavy atom. The fourth-order valence-electron chi connectivity index (χ4n) is 1.70. The van der Waals surface area contributed by atoms with Crippen LogP contribution in [0.2, 0.25) is 5.02 Å². The van der Waals surface area contributed by atoms with Gasteiger partial charge in [-0.1, -0.05) is 17.7 Å². The SMILES string of the molecule is CN(C)c1nn(-c2c(F)cccc2Cl)c(N)c1C#N. The average molecular weight is 280 g/mol. The van der Waals surface area contributed by atoms with Crippen LogP contribution in [0.1, 0.15) is 5.56 Å². The maximum atomic E-state index is 13.9. The van der Waals surface area contributed by atoms with Crippen LogP contribution < -0.4 is 10.6 Å². The van der Waals surface area contributed by atoms with E-state index in [4.69, 9.17) is 22.6 Å². The lowest BCUT2D eigenvalue weighted by atomic mass is 10.3. The summed E-state index contributed by atoms with van der Waals surface area (Å²) in [6.45, 7) is 0. The van der Waals surface area contributed by atoms with Crippen LogP contribution in [0.15, 0.2) is 18.2 Å². The Labute approximate surface area is 114 Å². The van der Waals surface area contributed by atoms with Gasteiger partial charge in [0.1, 0.15) is 29.0 Å². The standard InChI is InChI=1S/C12H11ClFN5/c1-18(2)12-7(6-15)11(16)19(17-12)10-8(13)4-3-5-9(10)14/h3-5H,16H2,1-2H3. The molecule has 0 unspecified atom stereocenters. The number of aromatic nitrogens is 2. The molecule has 1 aromatic carbocycles. The molecule has 19 heavy (non-hydrogen) atoms. The Hall–Kier alpha value is -2.26. The second kappa shape index (κ2) is 4.78. The topological polar surface area (TPSA) is 70.9 Å². The van der Waals surface area contributed by atoms with Crippen molar-refractivity contribution in [2.45, 2.75) is 0 Å².